The van der Waals surface area contributed by atoms with Crippen molar-refractivity contribution in [2.75, 3.05) is 0 Å². The quantitative estimate of drug-likeness (QED) is 0.201. The molecule has 0 radical (unpaired) electrons. The van der Waals surface area contributed by atoms with E-state index >= 15 is 0 Å². The van der Waals surface area contributed by atoms with E-state index in [1.165, 1.54) is 6.92 Å². The Morgan fingerprint density at radius 2 is 1.72 bits per heavy atom. The van der Waals surface area contributed by atoms with Crippen molar-refractivity contribution in [3.63, 3.8) is 0 Å². The second kappa shape index (κ2) is 7.52. The van der Waals surface area contributed by atoms with Crippen molar-refractivity contribution >= 4 is 33.5 Å². The van der Waals surface area contributed by atoms with Gasteiger partial charge in [0.25, 0.3) is 0 Å². The van der Waals surface area contributed by atoms with Crippen LogP contribution in [0.4, 0.5) is 0 Å². The number of aliphatic hydroxyl groups is 1. The van der Waals surface area contributed by atoms with Gasteiger partial charge in [0.05, 0.1) is 5.57 Å². The highest BCUT2D eigenvalue weighted by Crippen LogP contribution is 2.37. The Labute approximate surface area is 155 Å². The number of halogens is 1. The summed E-state index contributed by atoms with van der Waals surface area (Å²) < 4.78 is 4.97. The Morgan fingerprint density at radius 3 is 2.20 bits per heavy atom. The number of benzene rings is 1. The van der Waals surface area contributed by atoms with Crippen molar-refractivity contribution in [1.29, 1.82) is 0 Å². The molecule has 6 heteroatoms. The normalized spacial score (nSPS) is 18.0. The van der Waals surface area contributed by atoms with Crippen LogP contribution in [0.2, 0.25) is 0 Å². The Morgan fingerprint density at radius 1 is 1.20 bits per heavy atom. The molecule has 0 aliphatic heterocycles. The molecule has 1 saturated carbocycles. The lowest BCUT2D eigenvalue weighted by Gasteiger charge is -2.29. The maximum Gasteiger partial charge on any atom is 0.308 e. The Hall–Kier alpha value is -1.95. The lowest BCUT2D eigenvalue weighted by Crippen LogP contribution is -2.32. The van der Waals surface area contributed by atoms with E-state index in [0.717, 1.165) is 5.56 Å². The number of Topliss-reactive ketones (excluding diaryl/α,β-unsaturated/α-hetero) is 2. The number of allylic oxidation sites excluding steroid dienone is 2. The topological polar surface area (TPSA) is 80.7 Å². The molecule has 1 unspecified atom stereocenters. The molecule has 0 amide bonds. The van der Waals surface area contributed by atoms with Gasteiger partial charge in [-0.05, 0) is 23.1 Å². The summed E-state index contributed by atoms with van der Waals surface area (Å²) in [4.78, 5) is 35.1. The highest BCUT2D eigenvalue weighted by Gasteiger charge is 2.37. The molecule has 0 heterocycles. The molecule has 1 aromatic rings. The molecule has 5 nitrogen and oxygen atoms in total. The molecule has 0 saturated heterocycles. The van der Waals surface area contributed by atoms with Crippen LogP contribution in [-0.2, 0) is 14.4 Å². The first-order valence-electron chi connectivity index (χ1n) is 8.00. The molecule has 1 atom stereocenters. The average molecular weight is 409 g/mol. The van der Waals surface area contributed by atoms with Gasteiger partial charge >= 0.3 is 5.97 Å². The van der Waals surface area contributed by atoms with E-state index in [0.29, 0.717) is 5.75 Å². The number of esters is 1. The van der Waals surface area contributed by atoms with Crippen molar-refractivity contribution in [3.8, 4) is 5.75 Å². The SMILES string of the molecule is CC(=O)Oc1ccc(C(Br)CC(O)=C2C(=O)CC(C)(C)CC2=O)cc1. The van der Waals surface area contributed by atoms with Crippen LogP contribution in [0.1, 0.15) is 50.4 Å². The molecule has 1 aliphatic rings. The van der Waals surface area contributed by atoms with Gasteiger partial charge in [0.15, 0.2) is 11.6 Å². The average Bonchev–Trinajstić information content (AvgIpc) is 2.44. The van der Waals surface area contributed by atoms with Crippen LogP contribution in [0.25, 0.3) is 0 Å². The summed E-state index contributed by atoms with van der Waals surface area (Å²) in [6.45, 7) is 5.06. The molecule has 1 fully saturated rings. The first-order chi connectivity index (χ1) is 11.6. The summed E-state index contributed by atoms with van der Waals surface area (Å²) in [5.74, 6) is -0.759. The van der Waals surface area contributed by atoms with Gasteiger partial charge < -0.3 is 9.84 Å². The fraction of sp³-hybridized carbons (Fsp3) is 0.421. The minimum absolute atomic E-state index is 0.0692. The second-order valence-corrected chi connectivity index (χ2v) is 8.13. The third-order valence-corrected chi connectivity index (χ3v) is 4.85. The van der Waals surface area contributed by atoms with Crippen LogP contribution in [0.5, 0.6) is 5.75 Å². The van der Waals surface area contributed by atoms with Crippen molar-refractivity contribution < 1.29 is 24.2 Å². The minimum Gasteiger partial charge on any atom is -0.511 e. The fourth-order valence-corrected chi connectivity index (χ4v) is 3.50. The summed E-state index contributed by atoms with van der Waals surface area (Å²) in [6, 6.07) is 6.80. The summed E-state index contributed by atoms with van der Waals surface area (Å²) in [7, 11) is 0. The van der Waals surface area contributed by atoms with Gasteiger partial charge in [0.1, 0.15) is 11.5 Å². The molecule has 25 heavy (non-hydrogen) atoms. The molecule has 0 bridgehead atoms. The summed E-state index contributed by atoms with van der Waals surface area (Å²) in [5, 5.41) is 10.3. The number of rotatable bonds is 4. The third kappa shape index (κ3) is 5.01. The lowest BCUT2D eigenvalue weighted by atomic mass is 9.73. The molecular formula is C19H21BrO5. The lowest BCUT2D eigenvalue weighted by molar-refractivity contribution is -0.132. The van der Waals surface area contributed by atoms with E-state index in [1.54, 1.807) is 24.3 Å². The number of carbonyl (C=O) groups is 3. The van der Waals surface area contributed by atoms with Crippen LogP contribution in [-0.4, -0.2) is 22.6 Å². The highest BCUT2D eigenvalue weighted by atomic mass is 79.9. The van der Waals surface area contributed by atoms with Crippen molar-refractivity contribution in [1.82, 2.24) is 0 Å². The zero-order valence-corrected chi connectivity index (χ0v) is 16.1. The fourth-order valence-electron chi connectivity index (χ4n) is 2.89. The minimum atomic E-state index is -0.400. The third-order valence-electron chi connectivity index (χ3n) is 4.00. The maximum absolute atomic E-state index is 12.2. The van der Waals surface area contributed by atoms with Crippen molar-refractivity contribution in [2.24, 2.45) is 5.41 Å². The monoisotopic (exact) mass is 408 g/mol. The van der Waals surface area contributed by atoms with Gasteiger partial charge in [-0.15, -0.1) is 0 Å². The van der Waals surface area contributed by atoms with Crippen LogP contribution < -0.4 is 4.74 Å². The van der Waals surface area contributed by atoms with E-state index in [-0.39, 0.29) is 52.4 Å². The molecular weight excluding hydrogens is 388 g/mol. The van der Waals surface area contributed by atoms with Gasteiger partial charge in [-0.3, -0.25) is 14.4 Å². The summed E-state index contributed by atoms with van der Waals surface area (Å²) >= 11 is 3.47. The Bertz CT molecular complexity index is 709. The van der Waals surface area contributed by atoms with Crippen molar-refractivity contribution in [2.45, 2.75) is 44.9 Å². The number of hydrogen-bond acceptors (Lipinski definition) is 5. The Kier molecular flexibility index (Phi) is 5.83. The smallest absolute Gasteiger partial charge is 0.308 e. The maximum atomic E-state index is 12.2. The van der Waals surface area contributed by atoms with Gasteiger partial charge in [0, 0.05) is 31.0 Å². The van der Waals surface area contributed by atoms with Gasteiger partial charge in [-0.2, -0.15) is 0 Å². The number of ether oxygens (including phenoxy) is 1. The van der Waals surface area contributed by atoms with E-state index in [9.17, 15) is 19.5 Å². The van der Waals surface area contributed by atoms with Gasteiger partial charge in [-0.1, -0.05) is 41.9 Å². The molecule has 1 aliphatic carbocycles. The Balaban J connectivity index is 2.13. The standard InChI is InChI=1S/C19H21BrO5/c1-11(21)25-13-6-4-12(5-7-13)14(20)8-15(22)18-16(23)9-19(2,3)10-17(18)24/h4-7,14,22H,8-10H2,1-3H3. The number of alkyl halides is 1. The first kappa shape index (κ1) is 19.4. The molecule has 2 rings (SSSR count). The largest absolute Gasteiger partial charge is 0.511 e. The number of hydrogen-bond donors (Lipinski definition) is 1. The van der Waals surface area contributed by atoms with Crippen molar-refractivity contribution in [3.05, 3.63) is 41.2 Å². The van der Waals surface area contributed by atoms with Gasteiger partial charge in [0.2, 0.25) is 0 Å². The predicted octanol–water partition coefficient (Wildman–Crippen LogP) is 4.21. The van der Waals surface area contributed by atoms with Crippen LogP contribution in [0.3, 0.4) is 0 Å². The summed E-state index contributed by atoms with van der Waals surface area (Å²) in [6.07, 6.45) is 0.629. The molecule has 0 spiro atoms. The van der Waals surface area contributed by atoms with Crippen LogP contribution in [0, 0.1) is 5.41 Å². The highest BCUT2D eigenvalue weighted by molar-refractivity contribution is 9.09. The number of aliphatic hydroxyl groups excluding tert-OH is 1. The number of ketones is 2. The zero-order chi connectivity index (χ0) is 18.8. The van der Waals surface area contributed by atoms with E-state index in [4.69, 9.17) is 4.74 Å². The second-order valence-electron chi connectivity index (χ2n) is 7.02. The number of carbonyl (C=O) groups excluding carboxylic acids is 3. The molecule has 134 valence electrons. The van der Waals surface area contributed by atoms with E-state index < -0.39 is 5.97 Å². The van der Waals surface area contributed by atoms with Crippen LogP contribution >= 0.6 is 15.9 Å². The molecule has 0 aromatic heterocycles. The molecule has 1 aromatic carbocycles. The molecule has 1 N–H and O–H groups in total. The van der Waals surface area contributed by atoms with Gasteiger partial charge in [-0.25, -0.2) is 0 Å². The first-order valence-corrected chi connectivity index (χ1v) is 8.91. The summed E-state index contributed by atoms with van der Waals surface area (Å²) in [5.41, 5.74) is 0.401. The van der Waals surface area contributed by atoms with E-state index in [1.807, 2.05) is 13.8 Å². The zero-order valence-electron chi connectivity index (χ0n) is 14.5. The van der Waals surface area contributed by atoms with E-state index in [2.05, 4.69) is 15.9 Å². The van der Waals surface area contributed by atoms with Crippen LogP contribution in [0.15, 0.2) is 35.6 Å². The predicted molar refractivity (Wildman–Crippen MR) is 96.7 cm³/mol.